The average molecular weight is 818 g/mol. The zero-order chi connectivity index (χ0) is 42.8. The Morgan fingerprint density at radius 3 is 2.25 bits per heavy atom. The van der Waals surface area contributed by atoms with Gasteiger partial charge in [0.2, 0.25) is 17.8 Å². The predicted octanol–water partition coefficient (Wildman–Crippen LogP) is 9.02. The number of pyridine rings is 1. The third-order valence-electron chi connectivity index (χ3n) is 12.4. The molecule has 12 heteroatoms. The summed E-state index contributed by atoms with van der Waals surface area (Å²) >= 11 is 0. The van der Waals surface area contributed by atoms with Gasteiger partial charge in [-0.1, -0.05) is 93.4 Å². The van der Waals surface area contributed by atoms with Gasteiger partial charge in [0, 0.05) is 36.6 Å². The van der Waals surface area contributed by atoms with Crippen molar-refractivity contribution in [2.75, 3.05) is 13.7 Å². The number of benzene rings is 2. The maximum Gasteiger partial charge on any atom is 0.407 e. The van der Waals surface area contributed by atoms with Crippen molar-refractivity contribution in [3.05, 3.63) is 114 Å². The molecule has 5 unspecified atom stereocenters. The number of methoxy groups -OCH3 is 1. The number of carbonyl (C=O) groups is 3. The second-order valence-electron chi connectivity index (χ2n) is 16.5. The van der Waals surface area contributed by atoms with Crippen molar-refractivity contribution >= 4 is 23.6 Å². The van der Waals surface area contributed by atoms with Crippen molar-refractivity contribution in [1.82, 2.24) is 35.8 Å². The van der Waals surface area contributed by atoms with E-state index in [0.717, 1.165) is 76.5 Å². The Kier molecular flexibility index (Phi) is 14.9. The van der Waals surface area contributed by atoms with E-state index in [0.29, 0.717) is 19.0 Å². The molecule has 0 spiro atoms. The summed E-state index contributed by atoms with van der Waals surface area (Å²) in [6.45, 7) is 11.2. The fraction of sp³-hybridized carbons (Fsp3) is 0.438. The number of amides is 3. The number of fused-ring (bicyclic) bond motifs is 2. The summed E-state index contributed by atoms with van der Waals surface area (Å²) < 4.78 is 17.4. The van der Waals surface area contributed by atoms with Crippen molar-refractivity contribution in [2.24, 2.45) is 23.7 Å². The lowest BCUT2D eigenvalue weighted by Gasteiger charge is -2.33. The van der Waals surface area contributed by atoms with Crippen LogP contribution in [0.2, 0.25) is 0 Å². The van der Waals surface area contributed by atoms with Crippen molar-refractivity contribution < 1.29 is 23.5 Å². The molecule has 4 aromatic rings. The molecule has 7 rings (SSSR count). The molecule has 2 aromatic heterocycles. The van der Waals surface area contributed by atoms with Crippen LogP contribution in [0.1, 0.15) is 90.7 Å². The molecule has 2 aliphatic carbocycles. The summed E-state index contributed by atoms with van der Waals surface area (Å²) in [6, 6.07) is 19.2. The number of halogens is 1. The van der Waals surface area contributed by atoms with Gasteiger partial charge in [-0.15, -0.1) is 0 Å². The molecule has 318 valence electrons. The van der Waals surface area contributed by atoms with Crippen LogP contribution in [0.4, 0.5) is 9.18 Å². The molecule has 3 fully saturated rings. The number of carbonyl (C=O) groups excluding carboxylic acids is 3. The van der Waals surface area contributed by atoms with Gasteiger partial charge in [-0.3, -0.25) is 9.59 Å². The van der Waals surface area contributed by atoms with Crippen molar-refractivity contribution in [3.63, 3.8) is 0 Å². The van der Waals surface area contributed by atoms with E-state index in [2.05, 4.69) is 99.4 Å². The maximum atomic E-state index is 13.7. The van der Waals surface area contributed by atoms with Crippen molar-refractivity contribution in [1.29, 1.82) is 0 Å². The molecule has 0 radical (unpaired) electrons. The van der Waals surface area contributed by atoms with Gasteiger partial charge in [0.05, 0.1) is 31.4 Å². The van der Waals surface area contributed by atoms with E-state index in [9.17, 15) is 18.8 Å². The number of nitrogens with one attached hydrogen (secondary N) is 4. The summed E-state index contributed by atoms with van der Waals surface area (Å²) in [6.07, 6.45) is 13.9. The molecule has 3 amide bonds. The Hall–Kier alpha value is -5.78. The number of H-pyrrole nitrogens is 1. The Labute approximate surface area is 353 Å². The first-order valence-electron chi connectivity index (χ1n) is 21.3. The Balaban J connectivity index is 0.000000276. The zero-order valence-corrected chi connectivity index (χ0v) is 35.8. The predicted molar refractivity (Wildman–Crippen MR) is 233 cm³/mol. The van der Waals surface area contributed by atoms with Gasteiger partial charge < -0.3 is 30.6 Å². The van der Waals surface area contributed by atoms with E-state index in [1.54, 1.807) is 12.4 Å². The molecular formula is C48H60FN7O4. The molecule has 60 heavy (non-hydrogen) atoms. The summed E-state index contributed by atoms with van der Waals surface area (Å²) in [5, 5.41) is 9.42. The third kappa shape index (κ3) is 10.7. The minimum Gasteiger partial charge on any atom is -0.453 e. The summed E-state index contributed by atoms with van der Waals surface area (Å²) in [5.74, 6) is 1.10. The summed E-state index contributed by atoms with van der Waals surface area (Å²) in [7, 11) is 1.31. The van der Waals surface area contributed by atoms with Crippen molar-refractivity contribution in [3.8, 4) is 22.4 Å². The van der Waals surface area contributed by atoms with Crippen LogP contribution in [0.3, 0.4) is 0 Å². The number of ether oxygens (including phenoxy) is 1. The molecule has 5 atom stereocenters. The number of alkyl carbamates (subject to hydrolysis) is 1. The molecule has 1 saturated heterocycles. The van der Waals surface area contributed by atoms with E-state index in [4.69, 9.17) is 4.74 Å². The van der Waals surface area contributed by atoms with E-state index in [-0.39, 0.29) is 29.7 Å². The number of aromatic nitrogens is 3. The van der Waals surface area contributed by atoms with Crippen LogP contribution in [0.15, 0.2) is 96.7 Å². The SMILES string of the molecule is C/C=C(\N/C(=C(\C)CC)C1CCCN1C(=O)C(NC(=O)OC)C(C)C)c1ccc(-c2ccc(-c3cnc[nH]3)cc2)cc1.O=C(NCc1ccc(F)nc1)C1CC2CCC1C2. The summed E-state index contributed by atoms with van der Waals surface area (Å²) in [4.78, 5) is 50.6. The standard InChI is InChI=1S/C34H43N5O3.C14H17FN2O/c1-7-23(5)32(30-10-9-19-39(30)33(40)31(22(3)4)38-34(41)42-6)37-28(8-2)26-15-11-24(12-16-26)25-13-17-27(18-14-25)29-20-35-21-36-29;15-13-4-2-10(7-16-13)8-17-14(18)12-6-9-1-3-11(12)5-9/h8,11-18,20-22,30-31,37H,7,9-10,19H2,1-6H3,(H,35,36)(H,38,41);2,4,7,9,11-12H,1,3,5-6,8H2,(H,17,18)/b28-8-,32-23+;. The highest BCUT2D eigenvalue weighted by Crippen LogP contribution is 2.48. The number of hydrogen-bond acceptors (Lipinski definition) is 7. The lowest BCUT2D eigenvalue weighted by molar-refractivity contribution is -0.134. The van der Waals surface area contributed by atoms with Gasteiger partial charge in [-0.25, -0.2) is 14.8 Å². The quantitative estimate of drug-likeness (QED) is 0.0988. The Bertz CT molecular complexity index is 2110. The fourth-order valence-corrected chi connectivity index (χ4v) is 8.83. The molecule has 2 aromatic carbocycles. The maximum absolute atomic E-state index is 13.7. The molecular weight excluding hydrogens is 758 g/mol. The van der Waals surface area contributed by atoms with Crippen molar-refractivity contribution in [2.45, 2.75) is 98.2 Å². The first kappa shape index (κ1) is 43.8. The lowest BCUT2D eigenvalue weighted by Crippen LogP contribution is -2.53. The number of imidazole rings is 1. The number of nitrogens with zero attached hydrogens (tertiary/aromatic N) is 3. The number of allylic oxidation sites excluding steroid dienone is 2. The minimum absolute atomic E-state index is 0.0724. The Morgan fingerprint density at radius 2 is 1.68 bits per heavy atom. The van der Waals surface area contributed by atoms with E-state index in [1.807, 2.05) is 31.9 Å². The molecule has 4 N–H and O–H groups in total. The van der Waals surface area contributed by atoms with Gasteiger partial charge in [0.15, 0.2) is 0 Å². The van der Waals surface area contributed by atoms with Crippen LogP contribution in [0, 0.1) is 29.6 Å². The number of rotatable bonds is 13. The largest absolute Gasteiger partial charge is 0.453 e. The van der Waals surface area contributed by atoms with E-state index < -0.39 is 18.1 Å². The normalized spacial score (nSPS) is 20.5. The van der Waals surface area contributed by atoms with Gasteiger partial charge in [-0.05, 0) is 104 Å². The summed E-state index contributed by atoms with van der Waals surface area (Å²) in [5.41, 5.74) is 9.52. The molecule has 11 nitrogen and oxygen atoms in total. The minimum atomic E-state index is -0.650. The molecule has 3 heterocycles. The highest BCUT2D eigenvalue weighted by Gasteiger charge is 2.43. The van der Waals surface area contributed by atoms with Crippen LogP contribution in [-0.2, 0) is 20.9 Å². The van der Waals surface area contributed by atoms with E-state index >= 15 is 0 Å². The van der Waals surface area contributed by atoms with Crippen LogP contribution >= 0.6 is 0 Å². The Morgan fingerprint density at radius 1 is 0.967 bits per heavy atom. The second-order valence-corrected chi connectivity index (χ2v) is 16.5. The number of likely N-dealkylation sites (tertiary alicyclic amines) is 1. The fourth-order valence-electron chi connectivity index (χ4n) is 8.83. The molecule has 1 aliphatic heterocycles. The number of hydrogen-bond donors (Lipinski definition) is 4. The first-order chi connectivity index (χ1) is 29.0. The van der Waals surface area contributed by atoms with Crippen LogP contribution < -0.4 is 16.0 Å². The zero-order valence-electron chi connectivity index (χ0n) is 35.8. The molecule has 2 saturated carbocycles. The molecule has 3 aliphatic rings. The first-order valence-corrected chi connectivity index (χ1v) is 21.3. The topological polar surface area (TPSA) is 141 Å². The molecule has 2 bridgehead atoms. The average Bonchev–Trinajstić information content (AvgIpc) is 4.13. The smallest absolute Gasteiger partial charge is 0.407 e. The van der Waals surface area contributed by atoms with Gasteiger partial charge in [0.1, 0.15) is 6.04 Å². The van der Waals surface area contributed by atoms with Gasteiger partial charge in [-0.2, -0.15) is 4.39 Å². The van der Waals surface area contributed by atoms with Gasteiger partial charge in [0.25, 0.3) is 0 Å². The highest BCUT2D eigenvalue weighted by molar-refractivity contribution is 5.87. The number of aromatic amines is 1. The monoisotopic (exact) mass is 817 g/mol. The van der Waals surface area contributed by atoms with Crippen LogP contribution in [0.25, 0.3) is 28.1 Å². The van der Waals surface area contributed by atoms with Gasteiger partial charge >= 0.3 is 6.09 Å². The third-order valence-corrected chi connectivity index (χ3v) is 12.4. The second kappa shape index (κ2) is 20.5. The van der Waals surface area contributed by atoms with E-state index in [1.165, 1.54) is 44.2 Å². The highest BCUT2D eigenvalue weighted by atomic mass is 19.1. The lowest BCUT2D eigenvalue weighted by atomic mass is 9.88. The van der Waals surface area contributed by atoms with Crippen LogP contribution in [-0.4, -0.2) is 63.5 Å². The van der Waals surface area contributed by atoms with Crippen LogP contribution in [0.5, 0.6) is 0 Å².